The van der Waals surface area contributed by atoms with Gasteiger partial charge in [0.2, 0.25) is 0 Å². The molecule has 1 unspecified atom stereocenters. The van der Waals surface area contributed by atoms with Crippen LogP contribution in [0.5, 0.6) is 5.75 Å². The van der Waals surface area contributed by atoms with Gasteiger partial charge in [-0.05, 0) is 52.3 Å². The zero-order valence-electron chi connectivity index (χ0n) is 12.7. The van der Waals surface area contributed by atoms with Crippen LogP contribution in [-0.4, -0.2) is 37.7 Å². The molecule has 2 aliphatic heterocycles. The van der Waals surface area contributed by atoms with Gasteiger partial charge in [0.05, 0.1) is 0 Å². The molecular weight excluding hydrogens is 248 g/mol. The number of para-hydroxylation sites is 1. The van der Waals surface area contributed by atoms with Gasteiger partial charge >= 0.3 is 0 Å². The van der Waals surface area contributed by atoms with Crippen molar-refractivity contribution in [1.82, 2.24) is 10.2 Å². The van der Waals surface area contributed by atoms with Crippen molar-refractivity contribution in [3.05, 3.63) is 29.8 Å². The minimum Gasteiger partial charge on any atom is -0.490 e. The Hall–Kier alpha value is -1.06. The summed E-state index contributed by atoms with van der Waals surface area (Å²) >= 11 is 0. The highest BCUT2D eigenvalue weighted by Crippen LogP contribution is 2.37. The second kappa shape index (κ2) is 5.74. The highest BCUT2D eigenvalue weighted by atomic mass is 16.5. The molecule has 3 nitrogen and oxygen atoms in total. The summed E-state index contributed by atoms with van der Waals surface area (Å²) in [5.74, 6) is 1.08. The number of hydrogen-bond donors (Lipinski definition) is 1. The number of benzene rings is 1. The summed E-state index contributed by atoms with van der Waals surface area (Å²) < 4.78 is 6.35. The van der Waals surface area contributed by atoms with Gasteiger partial charge in [-0.1, -0.05) is 18.2 Å². The van der Waals surface area contributed by atoms with Crippen molar-refractivity contribution in [3.8, 4) is 5.75 Å². The summed E-state index contributed by atoms with van der Waals surface area (Å²) in [5.41, 5.74) is 1.42. The number of nitrogens with one attached hydrogen (secondary N) is 1. The van der Waals surface area contributed by atoms with E-state index in [1.807, 2.05) is 0 Å². The number of ether oxygens (including phenoxy) is 1. The van der Waals surface area contributed by atoms with Crippen LogP contribution in [-0.2, 0) is 5.54 Å². The van der Waals surface area contributed by atoms with Crippen molar-refractivity contribution in [2.45, 2.75) is 44.2 Å². The highest BCUT2D eigenvalue weighted by molar-refractivity contribution is 5.39. The van der Waals surface area contributed by atoms with E-state index in [9.17, 15) is 0 Å². The van der Waals surface area contributed by atoms with Gasteiger partial charge in [0, 0.05) is 24.2 Å². The van der Waals surface area contributed by atoms with E-state index in [0.717, 1.165) is 38.2 Å². The van der Waals surface area contributed by atoms with Crippen molar-refractivity contribution >= 4 is 0 Å². The van der Waals surface area contributed by atoms with Crippen LogP contribution in [0.15, 0.2) is 24.3 Å². The number of piperidine rings is 1. The maximum Gasteiger partial charge on any atom is 0.124 e. The van der Waals surface area contributed by atoms with Crippen molar-refractivity contribution < 1.29 is 4.74 Å². The van der Waals surface area contributed by atoms with E-state index < -0.39 is 0 Å². The molecule has 0 radical (unpaired) electrons. The average molecular weight is 274 g/mol. The lowest BCUT2D eigenvalue weighted by Gasteiger charge is -2.32. The van der Waals surface area contributed by atoms with Gasteiger partial charge in [0.15, 0.2) is 0 Å². The van der Waals surface area contributed by atoms with Gasteiger partial charge in [-0.3, -0.25) is 0 Å². The SMILES string of the molecule is CN1CCC(Oc2ccccc2C2(C)CCCN2)CC1. The maximum absolute atomic E-state index is 6.35. The lowest BCUT2D eigenvalue weighted by atomic mass is 9.90. The summed E-state index contributed by atoms with van der Waals surface area (Å²) in [4.78, 5) is 2.38. The lowest BCUT2D eigenvalue weighted by molar-refractivity contribution is 0.111. The topological polar surface area (TPSA) is 24.5 Å². The summed E-state index contributed by atoms with van der Waals surface area (Å²) in [5, 5.41) is 3.65. The summed E-state index contributed by atoms with van der Waals surface area (Å²) in [6.07, 6.45) is 5.08. The molecule has 1 aromatic rings. The normalized spacial score (nSPS) is 28.7. The molecular formula is C17H26N2O. The Labute approximate surface area is 122 Å². The standard InChI is InChI=1S/C17H26N2O/c1-17(10-5-11-18-17)15-6-3-4-7-16(15)20-14-8-12-19(2)13-9-14/h3-4,6-7,14,18H,5,8-13H2,1-2H3. The Balaban J connectivity index is 1.76. The Morgan fingerprint density at radius 2 is 2.00 bits per heavy atom. The van der Waals surface area contributed by atoms with Crippen LogP contribution in [0.2, 0.25) is 0 Å². The number of rotatable bonds is 3. The third-order valence-corrected chi connectivity index (χ3v) is 4.81. The van der Waals surface area contributed by atoms with E-state index in [2.05, 4.69) is 48.5 Å². The first-order valence-electron chi connectivity index (χ1n) is 7.87. The first-order chi connectivity index (χ1) is 9.67. The molecule has 2 aliphatic rings. The molecule has 0 bridgehead atoms. The zero-order chi connectivity index (χ0) is 14.0. The third-order valence-electron chi connectivity index (χ3n) is 4.81. The zero-order valence-corrected chi connectivity index (χ0v) is 12.7. The summed E-state index contributed by atoms with van der Waals surface area (Å²) in [6, 6.07) is 8.58. The van der Waals surface area contributed by atoms with Crippen LogP contribution in [0.3, 0.4) is 0 Å². The minimum atomic E-state index is 0.0854. The number of hydrogen-bond acceptors (Lipinski definition) is 3. The van der Waals surface area contributed by atoms with Crippen molar-refractivity contribution in [1.29, 1.82) is 0 Å². The molecule has 2 saturated heterocycles. The van der Waals surface area contributed by atoms with E-state index >= 15 is 0 Å². The Morgan fingerprint density at radius 1 is 1.25 bits per heavy atom. The summed E-state index contributed by atoms with van der Waals surface area (Å²) in [7, 11) is 2.19. The van der Waals surface area contributed by atoms with Gasteiger partial charge in [-0.15, -0.1) is 0 Å². The van der Waals surface area contributed by atoms with Crippen LogP contribution in [0.25, 0.3) is 0 Å². The van der Waals surface area contributed by atoms with E-state index in [0.29, 0.717) is 6.10 Å². The fourth-order valence-electron chi connectivity index (χ4n) is 3.43. The molecule has 2 fully saturated rings. The van der Waals surface area contributed by atoms with Crippen LogP contribution in [0, 0.1) is 0 Å². The second-order valence-electron chi connectivity index (χ2n) is 6.48. The molecule has 20 heavy (non-hydrogen) atoms. The van der Waals surface area contributed by atoms with Crippen LogP contribution >= 0.6 is 0 Å². The first kappa shape index (κ1) is 13.9. The van der Waals surface area contributed by atoms with E-state index in [4.69, 9.17) is 4.74 Å². The smallest absolute Gasteiger partial charge is 0.124 e. The van der Waals surface area contributed by atoms with Crippen LogP contribution in [0.4, 0.5) is 0 Å². The molecule has 1 atom stereocenters. The largest absolute Gasteiger partial charge is 0.490 e. The molecule has 110 valence electrons. The van der Waals surface area contributed by atoms with E-state index in [-0.39, 0.29) is 5.54 Å². The second-order valence-corrected chi connectivity index (χ2v) is 6.48. The Bertz CT molecular complexity index is 446. The maximum atomic E-state index is 6.35. The molecule has 1 aromatic carbocycles. The quantitative estimate of drug-likeness (QED) is 0.917. The number of nitrogens with zero attached hydrogens (tertiary/aromatic N) is 1. The minimum absolute atomic E-state index is 0.0854. The van der Waals surface area contributed by atoms with Crippen molar-refractivity contribution in [3.63, 3.8) is 0 Å². The van der Waals surface area contributed by atoms with E-state index in [1.54, 1.807) is 0 Å². The Kier molecular flexibility index (Phi) is 3.99. The molecule has 3 heteroatoms. The van der Waals surface area contributed by atoms with Gasteiger partial charge < -0.3 is 15.0 Å². The van der Waals surface area contributed by atoms with E-state index in [1.165, 1.54) is 18.4 Å². The van der Waals surface area contributed by atoms with Crippen LogP contribution in [0.1, 0.15) is 38.2 Å². The highest BCUT2D eigenvalue weighted by Gasteiger charge is 2.33. The first-order valence-corrected chi connectivity index (χ1v) is 7.87. The molecule has 0 aliphatic carbocycles. The predicted octanol–water partition coefficient (Wildman–Crippen LogP) is 2.76. The molecule has 0 amide bonds. The number of likely N-dealkylation sites (tertiary alicyclic amines) is 1. The van der Waals surface area contributed by atoms with Crippen LogP contribution < -0.4 is 10.1 Å². The Morgan fingerprint density at radius 3 is 2.70 bits per heavy atom. The van der Waals surface area contributed by atoms with Gasteiger partial charge in [0.25, 0.3) is 0 Å². The molecule has 0 saturated carbocycles. The lowest BCUT2D eigenvalue weighted by Crippen LogP contribution is -2.37. The summed E-state index contributed by atoms with van der Waals surface area (Å²) in [6.45, 7) is 5.70. The van der Waals surface area contributed by atoms with Gasteiger partial charge in [-0.2, -0.15) is 0 Å². The fraction of sp³-hybridized carbons (Fsp3) is 0.647. The molecule has 3 rings (SSSR count). The van der Waals surface area contributed by atoms with Crippen molar-refractivity contribution in [2.24, 2.45) is 0 Å². The average Bonchev–Trinajstić information content (AvgIpc) is 2.90. The monoisotopic (exact) mass is 274 g/mol. The molecule has 2 heterocycles. The molecule has 0 spiro atoms. The van der Waals surface area contributed by atoms with Gasteiger partial charge in [-0.25, -0.2) is 0 Å². The fourth-order valence-corrected chi connectivity index (χ4v) is 3.43. The predicted molar refractivity (Wildman–Crippen MR) is 82.2 cm³/mol. The molecule has 0 aromatic heterocycles. The van der Waals surface area contributed by atoms with Gasteiger partial charge in [0.1, 0.15) is 11.9 Å². The van der Waals surface area contributed by atoms with Crippen molar-refractivity contribution in [2.75, 3.05) is 26.7 Å². The third kappa shape index (κ3) is 2.84. The molecule has 1 N–H and O–H groups in total.